The number of benzene rings is 2. The Morgan fingerprint density at radius 3 is 2.71 bits per heavy atom. The van der Waals surface area contributed by atoms with Crippen molar-refractivity contribution in [3.05, 3.63) is 77.6 Å². The highest BCUT2D eigenvalue weighted by Crippen LogP contribution is 2.54. The van der Waals surface area contributed by atoms with Gasteiger partial charge in [0.1, 0.15) is 24.2 Å². The molecule has 2 aliphatic rings. The number of carboxylic acids is 1. The van der Waals surface area contributed by atoms with Crippen LogP contribution in [0, 0.1) is 5.92 Å². The monoisotopic (exact) mass is 594 g/mol. The van der Waals surface area contributed by atoms with E-state index < -0.39 is 41.4 Å². The number of carboxylic acid groups (broad SMARTS) is 1. The Bertz CT molecular complexity index is 1420. The number of nitrogens with one attached hydrogen (secondary N) is 1. The first-order valence-electron chi connectivity index (χ1n) is 10.4. The van der Waals surface area contributed by atoms with Gasteiger partial charge in [-0.2, -0.15) is 0 Å². The van der Waals surface area contributed by atoms with Crippen molar-refractivity contribution in [3.8, 4) is 5.75 Å². The lowest BCUT2D eigenvalue weighted by atomic mass is 9.82. The summed E-state index contributed by atoms with van der Waals surface area (Å²) in [6.45, 7) is -0.502. The normalized spacial score (nSPS) is 21.1. The number of nitrogens with zero attached hydrogens (tertiary/aromatic N) is 1. The summed E-state index contributed by atoms with van der Waals surface area (Å²) in [6.07, 6.45) is 0. The van der Waals surface area contributed by atoms with Crippen molar-refractivity contribution in [2.24, 2.45) is 5.92 Å². The van der Waals surface area contributed by atoms with Gasteiger partial charge in [-0.3, -0.25) is 24.1 Å². The number of hydrogen-bond donors (Lipinski definition) is 2. The summed E-state index contributed by atoms with van der Waals surface area (Å²) in [7, 11) is 0. The van der Waals surface area contributed by atoms with E-state index in [1.807, 2.05) is 12.1 Å². The number of halogens is 2. The molecule has 5 rings (SSSR count). The molecule has 2 N–H and O–H groups in total. The predicted molar refractivity (Wildman–Crippen MR) is 134 cm³/mol. The van der Waals surface area contributed by atoms with Gasteiger partial charge >= 0.3 is 10.8 Å². The number of carbonyl (C=O) groups is 3. The highest BCUT2D eigenvalue weighted by atomic mass is 79.9. The highest BCUT2D eigenvalue weighted by molar-refractivity contribution is 9.10. The first kappa shape index (κ1) is 24.1. The zero-order valence-electron chi connectivity index (χ0n) is 17.7. The molecule has 0 spiro atoms. The third-order valence-corrected chi connectivity index (χ3v) is 8.93. The summed E-state index contributed by atoms with van der Waals surface area (Å²) < 4.78 is 6.86. The maximum Gasteiger partial charge on any atom is 0.323 e. The fraction of sp³-hybridized carbons (Fsp3) is 0.217. The molecule has 3 aromatic rings. The first-order valence-corrected chi connectivity index (χ1v) is 13.2. The van der Waals surface area contributed by atoms with Crippen LogP contribution in [-0.2, 0) is 21.0 Å². The Kier molecular flexibility index (Phi) is 6.51. The van der Waals surface area contributed by atoms with E-state index >= 15 is 0 Å². The van der Waals surface area contributed by atoms with Crippen molar-refractivity contribution in [2.75, 3.05) is 6.54 Å². The van der Waals surface area contributed by atoms with Gasteiger partial charge in [-0.1, -0.05) is 62.8 Å². The van der Waals surface area contributed by atoms with Crippen molar-refractivity contribution in [1.29, 1.82) is 0 Å². The molecule has 2 aromatic carbocycles. The molecule has 35 heavy (non-hydrogen) atoms. The largest absolute Gasteiger partial charge is 0.489 e. The summed E-state index contributed by atoms with van der Waals surface area (Å²) in [5.74, 6) is -3.51. The van der Waals surface area contributed by atoms with Gasteiger partial charge in [0.2, 0.25) is 11.8 Å². The third kappa shape index (κ3) is 4.53. The van der Waals surface area contributed by atoms with Crippen LogP contribution in [0.15, 0.2) is 56.8 Å². The number of thiazole rings is 1. The number of thioether (sulfide) groups is 1. The lowest BCUT2D eigenvalue weighted by Crippen LogP contribution is -2.36. The number of rotatable bonds is 6. The summed E-state index contributed by atoms with van der Waals surface area (Å²) in [5, 5.41) is 9.46. The second kappa shape index (κ2) is 9.45. The molecule has 0 unspecified atom stereocenters. The number of carbonyl (C=O) groups excluding carboxylic acids is 2. The third-order valence-electron chi connectivity index (χ3n) is 5.80. The number of aromatic nitrogens is 1. The summed E-state index contributed by atoms with van der Waals surface area (Å²) in [6, 6.07) is 12.6. The average molecular weight is 596 g/mol. The maximum absolute atomic E-state index is 13.4. The van der Waals surface area contributed by atoms with E-state index in [2.05, 4.69) is 20.9 Å². The van der Waals surface area contributed by atoms with E-state index in [4.69, 9.17) is 16.3 Å². The summed E-state index contributed by atoms with van der Waals surface area (Å²) >= 11 is 11.6. The minimum Gasteiger partial charge on any atom is -0.489 e. The van der Waals surface area contributed by atoms with Crippen LogP contribution in [-0.4, -0.2) is 44.6 Å². The van der Waals surface area contributed by atoms with Crippen LogP contribution in [0.3, 0.4) is 0 Å². The second-order valence-corrected chi connectivity index (χ2v) is 11.5. The smallest absolute Gasteiger partial charge is 0.323 e. The lowest BCUT2D eigenvalue weighted by molar-refractivity contribution is -0.149. The number of aromatic amines is 1. The van der Waals surface area contributed by atoms with Gasteiger partial charge in [0.25, 0.3) is 0 Å². The number of H-pyrrole nitrogens is 1. The van der Waals surface area contributed by atoms with E-state index in [-0.39, 0.29) is 11.5 Å². The summed E-state index contributed by atoms with van der Waals surface area (Å²) in [4.78, 5) is 53.9. The number of likely N-dealkylation sites (tertiary alicyclic amines) is 1. The van der Waals surface area contributed by atoms with Crippen LogP contribution in [0.4, 0.5) is 0 Å². The van der Waals surface area contributed by atoms with Crippen LogP contribution in [0.1, 0.15) is 21.9 Å². The topological polar surface area (TPSA) is 117 Å². The molecule has 12 heteroatoms. The molecule has 0 bridgehead atoms. The Morgan fingerprint density at radius 2 is 1.97 bits per heavy atom. The molecule has 3 atom stereocenters. The van der Waals surface area contributed by atoms with Gasteiger partial charge in [-0.25, -0.2) is 0 Å². The zero-order chi connectivity index (χ0) is 24.9. The molecular formula is C23H16BrClN2O6S2. The molecule has 1 saturated heterocycles. The molecule has 3 heterocycles. The number of fused-ring (bicyclic) bond motifs is 2. The van der Waals surface area contributed by atoms with Crippen LogP contribution >= 0.6 is 50.6 Å². The number of aliphatic carboxylic acids is 1. The van der Waals surface area contributed by atoms with Crippen molar-refractivity contribution in [2.45, 2.75) is 22.8 Å². The van der Waals surface area contributed by atoms with E-state index in [1.54, 1.807) is 30.3 Å². The Morgan fingerprint density at radius 1 is 1.17 bits per heavy atom. The molecule has 0 saturated carbocycles. The molecular weight excluding hydrogens is 580 g/mol. The minimum atomic E-state index is -1.27. The molecule has 8 nitrogen and oxygen atoms in total. The van der Waals surface area contributed by atoms with Crippen molar-refractivity contribution >= 4 is 68.4 Å². The average Bonchev–Trinajstić information content (AvgIpc) is 3.28. The van der Waals surface area contributed by atoms with E-state index in [0.29, 0.717) is 26.2 Å². The molecule has 0 radical (unpaired) electrons. The van der Waals surface area contributed by atoms with Crippen LogP contribution in [0.2, 0.25) is 5.02 Å². The number of amides is 2. The lowest BCUT2D eigenvalue weighted by Gasteiger charge is -2.31. The number of imide groups is 1. The van der Waals surface area contributed by atoms with E-state index in [9.17, 15) is 24.3 Å². The van der Waals surface area contributed by atoms with Crippen molar-refractivity contribution in [1.82, 2.24) is 9.88 Å². The second-order valence-electron chi connectivity index (χ2n) is 8.01. The molecule has 0 aliphatic carbocycles. The van der Waals surface area contributed by atoms with E-state index in [0.717, 1.165) is 38.0 Å². The van der Waals surface area contributed by atoms with Crippen molar-refractivity contribution in [3.63, 3.8) is 0 Å². The fourth-order valence-corrected chi connectivity index (χ4v) is 7.50. The molecule has 1 aromatic heterocycles. The Hall–Kier alpha value is -2.60. The van der Waals surface area contributed by atoms with Crippen LogP contribution < -0.4 is 9.61 Å². The SMILES string of the molecule is O=C(O)CN1C(=O)[C@@H]2[C@H](c3cc(Br)ccc3OCc3cccc(Cl)c3)c3sc(=O)[nH]c3S[C@@H]2C1=O. The van der Waals surface area contributed by atoms with Gasteiger partial charge < -0.3 is 14.8 Å². The molecule has 2 aliphatic heterocycles. The maximum atomic E-state index is 13.4. The molecule has 2 amide bonds. The van der Waals surface area contributed by atoms with Gasteiger partial charge in [0, 0.05) is 25.9 Å². The highest BCUT2D eigenvalue weighted by Gasteiger charge is 2.56. The molecule has 180 valence electrons. The predicted octanol–water partition coefficient (Wildman–Crippen LogP) is 4.11. The standard InChI is InChI=1S/C23H16BrClN2O6S2/c24-11-4-5-14(33-9-10-2-1-3-12(25)6-10)13(7-11)16-17-19(34-20-18(16)35-23(32)26-20)22(31)27(21(17)30)8-15(28)29/h1-7,16-17,19H,8-9H2,(H,26,32)(H,28,29)/t16-,17+,19-/m0/s1. The van der Waals surface area contributed by atoms with Gasteiger partial charge in [0.15, 0.2) is 0 Å². The van der Waals surface area contributed by atoms with Gasteiger partial charge in [-0.15, -0.1) is 0 Å². The van der Waals surface area contributed by atoms with Crippen LogP contribution in [0.5, 0.6) is 5.75 Å². The quantitative estimate of drug-likeness (QED) is 0.412. The molecule has 1 fully saturated rings. The Labute approximate surface area is 220 Å². The van der Waals surface area contributed by atoms with Gasteiger partial charge in [-0.05, 0) is 35.9 Å². The minimum absolute atomic E-state index is 0.207. The number of ether oxygens (including phenoxy) is 1. The van der Waals surface area contributed by atoms with Gasteiger partial charge in [0.05, 0.1) is 10.9 Å². The fourth-order valence-electron chi connectivity index (χ4n) is 4.38. The first-order chi connectivity index (χ1) is 16.7. The van der Waals surface area contributed by atoms with Crippen molar-refractivity contribution < 1.29 is 24.2 Å². The number of hydrogen-bond acceptors (Lipinski definition) is 7. The summed E-state index contributed by atoms with van der Waals surface area (Å²) in [5.41, 5.74) is 1.46. The van der Waals surface area contributed by atoms with E-state index in [1.165, 1.54) is 0 Å². The van der Waals surface area contributed by atoms with Crippen LogP contribution in [0.25, 0.3) is 0 Å². The Balaban J connectivity index is 1.59. The zero-order valence-corrected chi connectivity index (χ0v) is 21.7.